The van der Waals surface area contributed by atoms with Gasteiger partial charge in [-0.1, -0.05) is 25.1 Å². The molecule has 4 N–H and O–H groups in total. The smallest absolute Gasteiger partial charge is 0.254 e. The zero-order valence-electron chi connectivity index (χ0n) is 19.2. The van der Waals surface area contributed by atoms with Crippen LogP contribution in [0.1, 0.15) is 58.4 Å². The highest BCUT2D eigenvalue weighted by molar-refractivity contribution is 5.93. The minimum Gasteiger partial charge on any atom is -0.390 e. The molecule has 180 valence electrons. The van der Waals surface area contributed by atoms with Crippen molar-refractivity contribution < 1.29 is 18.7 Å². The lowest BCUT2D eigenvalue weighted by Crippen LogP contribution is -2.49. The number of aromatic amines is 1. The summed E-state index contributed by atoms with van der Waals surface area (Å²) in [6, 6.07) is 9.13. The van der Waals surface area contributed by atoms with Gasteiger partial charge in [-0.15, -0.1) is 0 Å². The van der Waals surface area contributed by atoms with E-state index < -0.39 is 29.7 Å². The van der Waals surface area contributed by atoms with E-state index >= 15 is 0 Å². The van der Waals surface area contributed by atoms with Gasteiger partial charge in [0.15, 0.2) is 0 Å². The highest BCUT2D eigenvalue weighted by Crippen LogP contribution is 2.30. The number of aliphatic hydroxyl groups is 1. The monoisotopic (exact) mass is 468 g/mol. The summed E-state index contributed by atoms with van der Waals surface area (Å²) in [6.45, 7) is 2.34. The highest BCUT2D eigenvalue weighted by Gasteiger charge is 2.26. The van der Waals surface area contributed by atoms with Crippen LogP contribution in [-0.2, 0) is 19.3 Å². The molecule has 2 aromatic carbocycles. The SMILES string of the molecule is CCc1ccc2c(c1)[C@@H](NC[C@@H](O)[C@H](Cc1cc(F)cc(F)c1)NC(=O)c1cn[nH]c1)CCC2. The van der Waals surface area contributed by atoms with E-state index in [1.54, 1.807) is 0 Å². The van der Waals surface area contributed by atoms with Crippen LogP contribution in [0, 0.1) is 11.6 Å². The van der Waals surface area contributed by atoms with Gasteiger partial charge < -0.3 is 15.7 Å². The van der Waals surface area contributed by atoms with Gasteiger partial charge in [-0.05, 0) is 66.5 Å². The number of H-pyrrole nitrogens is 1. The molecule has 3 aromatic rings. The van der Waals surface area contributed by atoms with Crippen molar-refractivity contribution in [2.75, 3.05) is 6.54 Å². The number of hydrogen-bond donors (Lipinski definition) is 4. The Hall–Kier alpha value is -3.10. The van der Waals surface area contributed by atoms with E-state index in [4.69, 9.17) is 0 Å². The van der Waals surface area contributed by atoms with Gasteiger partial charge in [0, 0.05) is 24.8 Å². The van der Waals surface area contributed by atoms with E-state index in [0.29, 0.717) is 11.1 Å². The summed E-state index contributed by atoms with van der Waals surface area (Å²) >= 11 is 0. The first kappa shape index (κ1) is 24.0. The summed E-state index contributed by atoms with van der Waals surface area (Å²) in [4.78, 5) is 12.6. The number of amides is 1. The molecule has 0 saturated heterocycles. The summed E-state index contributed by atoms with van der Waals surface area (Å²) < 4.78 is 27.5. The fraction of sp³-hybridized carbons (Fsp3) is 0.385. The average molecular weight is 469 g/mol. The maximum absolute atomic E-state index is 13.7. The van der Waals surface area contributed by atoms with Crippen molar-refractivity contribution in [3.63, 3.8) is 0 Å². The molecule has 0 spiro atoms. The van der Waals surface area contributed by atoms with Crippen LogP contribution in [0.15, 0.2) is 48.8 Å². The minimum atomic E-state index is -0.984. The number of aliphatic hydroxyl groups excluding tert-OH is 1. The fourth-order valence-corrected chi connectivity index (χ4v) is 4.58. The molecule has 6 nitrogen and oxygen atoms in total. The molecule has 0 aliphatic heterocycles. The number of carbonyl (C=O) groups is 1. The Bertz CT molecular complexity index is 1100. The summed E-state index contributed by atoms with van der Waals surface area (Å²) in [7, 11) is 0. The average Bonchev–Trinajstić information content (AvgIpc) is 3.36. The fourth-order valence-electron chi connectivity index (χ4n) is 4.58. The highest BCUT2D eigenvalue weighted by atomic mass is 19.1. The third-order valence-corrected chi connectivity index (χ3v) is 6.43. The van der Waals surface area contributed by atoms with E-state index in [2.05, 4.69) is 46.0 Å². The number of benzene rings is 2. The second-order valence-corrected chi connectivity index (χ2v) is 8.86. The number of carbonyl (C=O) groups excluding carboxylic acids is 1. The van der Waals surface area contributed by atoms with Crippen molar-refractivity contribution in [1.29, 1.82) is 0 Å². The van der Waals surface area contributed by atoms with Crippen LogP contribution < -0.4 is 10.6 Å². The van der Waals surface area contributed by atoms with Crippen LogP contribution in [0.25, 0.3) is 0 Å². The van der Waals surface area contributed by atoms with Crippen LogP contribution in [0.5, 0.6) is 0 Å². The molecule has 0 fully saturated rings. The minimum absolute atomic E-state index is 0.0718. The number of nitrogens with one attached hydrogen (secondary N) is 3. The summed E-state index contributed by atoms with van der Waals surface area (Å²) in [5.74, 6) is -1.83. The summed E-state index contributed by atoms with van der Waals surface area (Å²) in [6.07, 6.45) is 5.91. The largest absolute Gasteiger partial charge is 0.390 e. The van der Waals surface area contributed by atoms with Crippen LogP contribution in [-0.4, -0.2) is 39.9 Å². The Kier molecular flexibility index (Phi) is 7.70. The lowest BCUT2D eigenvalue weighted by atomic mass is 9.86. The Labute approximate surface area is 197 Å². The molecule has 3 atom stereocenters. The third-order valence-electron chi connectivity index (χ3n) is 6.43. The Morgan fingerprint density at radius 2 is 2.00 bits per heavy atom. The molecule has 1 aliphatic carbocycles. The lowest BCUT2D eigenvalue weighted by Gasteiger charge is -2.30. The van der Waals surface area contributed by atoms with Crippen molar-refractivity contribution in [2.45, 2.75) is 57.2 Å². The van der Waals surface area contributed by atoms with E-state index in [1.807, 2.05) is 0 Å². The third kappa shape index (κ3) is 5.87. The molecule has 1 aromatic heterocycles. The number of nitrogens with zero attached hydrogens (tertiary/aromatic N) is 1. The first-order valence-corrected chi connectivity index (χ1v) is 11.7. The first-order chi connectivity index (χ1) is 16.4. The maximum atomic E-state index is 13.7. The van der Waals surface area contributed by atoms with Crippen LogP contribution in [0.4, 0.5) is 8.78 Å². The van der Waals surface area contributed by atoms with Gasteiger partial charge in [-0.25, -0.2) is 8.78 Å². The molecule has 0 unspecified atom stereocenters. The summed E-state index contributed by atoms with van der Waals surface area (Å²) in [5, 5.41) is 23.7. The van der Waals surface area contributed by atoms with Crippen molar-refractivity contribution in [1.82, 2.24) is 20.8 Å². The molecule has 1 heterocycles. The van der Waals surface area contributed by atoms with Crippen molar-refractivity contribution in [2.24, 2.45) is 0 Å². The number of rotatable bonds is 9. The van der Waals surface area contributed by atoms with E-state index in [9.17, 15) is 18.7 Å². The number of aromatic nitrogens is 2. The first-order valence-electron chi connectivity index (χ1n) is 11.7. The standard InChI is InChI=1S/C26H30F2N4O2/c1-2-16-6-7-18-4-3-5-23(22(18)10-16)29-15-25(33)24(32-26(34)19-13-30-31-14-19)11-17-8-20(27)12-21(28)9-17/h6-10,12-14,23-25,29,33H,2-5,11,15H2,1H3,(H,30,31)(H,32,34)/t23-,24-,25+/m0/s1. The lowest BCUT2D eigenvalue weighted by molar-refractivity contribution is 0.0823. The second kappa shape index (κ2) is 10.9. The van der Waals surface area contributed by atoms with Gasteiger partial charge in [0.1, 0.15) is 11.6 Å². The number of aryl methyl sites for hydroxylation is 2. The molecule has 1 amide bonds. The molecule has 1 aliphatic rings. The van der Waals surface area contributed by atoms with E-state index in [-0.39, 0.29) is 19.0 Å². The van der Waals surface area contributed by atoms with Gasteiger partial charge in [0.25, 0.3) is 5.91 Å². The zero-order chi connectivity index (χ0) is 24.1. The predicted octanol–water partition coefficient (Wildman–Crippen LogP) is 3.62. The molecule has 4 rings (SSSR count). The van der Waals surface area contributed by atoms with Crippen molar-refractivity contribution in [3.8, 4) is 0 Å². The normalized spacial score (nSPS) is 17.1. The van der Waals surface area contributed by atoms with Crippen molar-refractivity contribution in [3.05, 3.63) is 88.2 Å². The maximum Gasteiger partial charge on any atom is 0.254 e. The summed E-state index contributed by atoms with van der Waals surface area (Å²) in [5.41, 5.74) is 4.50. The van der Waals surface area contributed by atoms with Gasteiger partial charge in [-0.2, -0.15) is 5.10 Å². The Morgan fingerprint density at radius 1 is 1.21 bits per heavy atom. The molecule has 0 bridgehead atoms. The van der Waals surface area contributed by atoms with Gasteiger partial charge in [-0.3, -0.25) is 9.89 Å². The number of hydrogen-bond acceptors (Lipinski definition) is 4. The molecule has 34 heavy (non-hydrogen) atoms. The number of fused-ring (bicyclic) bond motifs is 1. The Balaban J connectivity index is 1.49. The van der Waals surface area contributed by atoms with Crippen LogP contribution in [0.3, 0.4) is 0 Å². The molecule has 8 heteroatoms. The van der Waals surface area contributed by atoms with Crippen molar-refractivity contribution >= 4 is 5.91 Å². The Morgan fingerprint density at radius 3 is 2.71 bits per heavy atom. The topological polar surface area (TPSA) is 90.0 Å². The molecule has 0 saturated carbocycles. The number of halogens is 2. The van der Waals surface area contributed by atoms with Gasteiger partial charge in [0.05, 0.1) is 23.9 Å². The van der Waals surface area contributed by atoms with E-state index in [1.165, 1.54) is 41.2 Å². The van der Waals surface area contributed by atoms with Crippen LogP contribution in [0.2, 0.25) is 0 Å². The van der Waals surface area contributed by atoms with Gasteiger partial charge in [0.2, 0.25) is 0 Å². The zero-order valence-corrected chi connectivity index (χ0v) is 19.2. The van der Waals surface area contributed by atoms with E-state index in [0.717, 1.165) is 31.7 Å². The predicted molar refractivity (Wildman–Crippen MR) is 125 cm³/mol. The van der Waals surface area contributed by atoms with Crippen LogP contribution >= 0.6 is 0 Å². The second-order valence-electron chi connectivity index (χ2n) is 8.86. The molecular weight excluding hydrogens is 438 g/mol. The molecular formula is C26H30F2N4O2. The van der Waals surface area contributed by atoms with Gasteiger partial charge >= 0.3 is 0 Å². The molecule has 0 radical (unpaired) electrons. The quantitative estimate of drug-likeness (QED) is 0.386.